The van der Waals surface area contributed by atoms with E-state index in [1.54, 1.807) is 6.07 Å². The lowest BCUT2D eigenvalue weighted by Crippen LogP contribution is -2.29. The van der Waals surface area contributed by atoms with Gasteiger partial charge >= 0.3 is 5.97 Å². The molecule has 0 heterocycles. The molecule has 1 amide bonds. The minimum absolute atomic E-state index is 0.154. The van der Waals surface area contributed by atoms with Crippen LogP contribution in [0.1, 0.15) is 41.2 Å². The molecular weight excluding hydrogens is 418 g/mol. The molecule has 170 valence electrons. The summed E-state index contributed by atoms with van der Waals surface area (Å²) >= 11 is 0. The molecule has 0 saturated heterocycles. The summed E-state index contributed by atoms with van der Waals surface area (Å²) in [4.78, 5) is 29.4. The molecule has 3 aromatic rings. The van der Waals surface area contributed by atoms with Gasteiger partial charge in [0.2, 0.25) is 5.91 Å². The summed E-state index contributed by atoms with van der Waals surface area (Å²) in [6, 6.07) is 25.3. The van der Waals surface area contributed by atoms with Crippen LogP contribution < -0.4 is 10.2 Å². The van der Waals surface area contributed by atoms with Gasteiger partial charge < -0.3 is 9.84 Å². The van der Waals surface area contributed by atoms with E-state index in [2.05, 4.69) is 5.48 Å². The average molecular weight is 446 g/mol. The third kappa shape index (κ3) is 5.99. The molecule has 0 spiro atoms. The Balaban J connectivity index is 1.36. The molecule has 1 aliphatic rings. The molecule has 0 bridgehead atoms. The first-order valence-corrected chi connectivity index (χ1v) is 11.1. The number of ether oxygens (including phenoxy) is 1. The van der Waals surface area contributed by atoms with Crippen LogP contribution >= 0.6 is 0 Å². The highest BCUT2D eigenvalue weighted by atomic mass is 16.7. The summed E-state index contributed by atoms with van der Waals surface area (Å²) in [6.45, 7) is -0.358. The number of carbonyl (C=O) groups is 2. The Labute approximate surface area is 193 Å². The van der Waals surface area contributed by atoms with Gasteiger partial charge in [-0.05, 0) is 53.5 Å². The molecule has 1 aliphatic carbocycles. The van der Waals surface area contributed by atoms with Crippen molar-refractivity contribution in [2.75, 3.05) is 6.61 Å². The van der Waals surface area contributed by atoms with Crippen molar-refractivity contribution in [2.24, 2.45) is 5.92 Å². The maximum Gasteiger partial charge on any atom is 0.341 e. The number of hydrogen-bond donors (Lipinski definition) is 2. The van der Waals surface area contributed by atoms with E-state index in [0.29, 0.717) is 12.2 Å². The Bertz CT molecular complexity index is 1040. The van der Waals surface area contributed by atoms with Gasteiger partial charge in [-0.1, -0.05) is 72.8 Å². The van der Waals surface area contributed by atoms with Crippen molar-refractivity contribution in [1.29, 1.82) is 0 Å². The van der Waals surface area contributed by atoms with Crippen molar-refractivity contribution < 1.29 is 24.3 Å². The number of rotatable bonds is 9. The van der Waals surface area contributed by atoms with Crippen LogP contribution in [-0.2, 0) is 27.3 Å². The normalized spacial score (nSPS) is 15.0. The van der Waals surface area contributed by atoms with E-state index in [9.17, 15) is 9.59 Å². The van der Waals surface area contributed by atoms with E-state index in [1.807, 2.05) is 72.8 Å². The Morgan fingerprint density at radius 2 is 1.61 bits per heavy atom. The van der Waals surface area contributed by atoms with Gasteiger partial charge in [-0.3, -0.25) is 9.63 Å². The number of carboxylic acids is 1. The Hall–Kier alpha value is -3.64. The van der Waals surface area contributed by atoms with Gasteiger partial charge in [0, 0.05) is 6.42 Å². The standard InChI is InChI=1S/C27H27NO5/c29-25(28-33-27(20-8-3-1-4-9-20)21-10-5-2-6-11-21)17-19-14-15-23-22(16-19)12-7-13-24(23)32-18-26(30)31/h1-13,19,27H,14-18H2,(H,28,29)(H,30,31). The van der Waals surface area contributed by atoms with Gasteiger partial charge in [0.15, 0.2) is 6.61 Å². The highest BCUT2D eigenvalue weighted by Crippen LogP contribution is 2.33. The molecule has 0 aromatic heterocycles. The predicted molar refractivity (Wildman–Crippen MR) is 124 cm³/mol. The number of carbonyl (C=O) groups excluding carboxylic acids is 1. The second kappa shape index (κ2) is 10.8. The lowest BCUT2D eigenvalue weighted by atomic mass is 9.82. The van der Waals surface area contributed by atoms with Crippen LogP contribution in [0.2, 0.25) is 0 Å². The van der Waals surface area contributed by atoms with E-state index in [1.165, 1.54) is 0 Å². The minimum atomic E-state index is -0.998. The van der Waals surface area contributed by atoms with Crippen molar-refractivity contribution in [3.8, 4) is 5.75 Å². The fraction of sp³-hybridized carbons (Fsp3) is 0.259. The summed E-state index contributed by atoms with van der Waals surface area (Å²) in [7, 11) is 0. The summed E-state index contributed by atoms with van der Waals surface area (Å²) in [5, 5.41) is 8.87. The number of fused-ring (bicyclic) bond motifs is 1. The topological polar surface area (TPSA) is 84.9 Å². The molecule has 4 rings (SSSR count). The molecule has 0 radical (unpaired) electrons. The van der Waals surface area contributed by atoms with Crippen molar-refractivity contribution >= 4 is 11.9 Å². The second-order valence-corrected chi connectivity index (χ2v) is 8.23. The van der Waals surface area contributed by atoms with Crippen LogP contribution in [0.25, 0.3) is 0 Å². The van der Waals surface area contributed by atoms with Gasteiger partial charge in [-0.25, -0.2) is 10.3 Å². The maximum absolute atomic E-state index is 12.7. The second-order valence-electron chi connectivity index (χ2n) is 8.23. The van der Waals surface area contributed by atoms with Crippen LogP contribution in [0.3, 0.4) is 0 Å². The zero-order valence-corrected chi connectivity index (χ0v) is 18.3. The smallest absolute Gasteiger partial charge is 0.341 e. The molecule has 2 N–H and O–H groups in total. The van der Waals surface area contributed by atoms with E-state index >= 15 is 0 Å². The Morgan fingerprint density at radius 1 is 0.939 bits per heavy atom. The largest absolute Gasteiger partial charge is 0.482 e. The highest BCUT2D eigenvalue weighted by Gasteiger charge is 2.24. The quantitative estimate of drug-likeness (QED) is 0.475. The fourth-order valence-electron chi connectivity index (χ4n) is 4.31. The van der Waals surface area contributed by atoms with Crippen molar-refractivity contribution in [1.82, 2.24) is 5.48 Å². The molecule has 1 unspecified atom stereocenters. The fourth-order valence-corrected chi connectivity index (χ4v) is 4.31. The summed E-state index contributed by atoms with van der Waals surface area (Å²) in [5.41, 5.74) is 6.74. The van der Waals surface area contributed by atoms with Gasteiger partial charge in [-0.2, -0.15) is 0 Å². The molecule has 0 aliphatic heterocycles. The Morgan fingerprint density at radius 3 is 2.24 bits per heavy atom. The van der Waals surface area contributed by atoms with Gasteiger partial charge in [0.05, 0.1) is 0 Å². The molecule has 33 heavy (non-hydrogen) atoms. The molecule has 0 saturated carbocycles. The number of hydrogen-bond acceptors (Lipinski definition) is 4. The van der Waals surface area contributed by atoms with Crippen molar-refractivity contribution in [3.63, 3.8) is 0 Å². The molecule has 0 fully saturated rings. The van der Waals surface area contributed by atoms with E-state index in [-0.39, 0.29) is 18.4 Å². The number of hydroxylamine groups is 1. The first-order chi connectivity index (χ1) is 16.1. The van der Waals surface area contributed by atoms with Crippen LogP contribution in [0.5, 0.6) is 5.75 Å². The maximum atomic E-state index is 12.7. The van der Waals surface area contributed by atoms with Crippen LogP contribution in [0.4, 0.5) is 0 Å². The first kappa shape index (κ1) is 22.6. The average Bonchev–Trinajstić information content (AvgIpc) is 2.84. The molecule has 1 atom stereocenters. The Kier molecular flexibility index (Phi) is 7.37. The van der Waals surface area contributed by atoms with E-state index in [0.717, 1.165) is 41.5 Å². The first-order valence-electron chi connectivity index (χ1n) is 11.1. The summed E-state index contributed by atoms with van der Waals surface area (Å²) in [5.74, 6) is -0.349. The lowest BCUT2D eigenvalue weighted by molar-refractivity contribution is -0.139. The molecule has 6 nitrogen and oxygen atoms in total. The molecular formula is C27H27NO5. The summed E-state index contributed by atoms with van der Waals surface area (Å²) < 4.78 is 5.43. The zero-order valence-electron chi connectivity index (χ0n) is 18.3. The SMILES string of the molecule is O=C(O)COc1cccc2c1CCC(CC(=O)NOC(c1ccccc1)c1ccccc1)C2. The number of aliphatic carboxylic acids is 1. The van der Waals surface area contributed by atoms with Crippen molar-refractivity contribution in [2.45, 2.75) is 31.8 Å². The molecule has 6 heteroatoms. The van der Waals surface area contributed by atoms with Crippen LogP contribution in [0, 0.1) is 5.92 Å². The minimum Gasteiger partial charge on any atom is -0.482 e. The summed E-state index contributed by atoms with van der Waals surface area (Å²) in [6.07, 6.45) is 2.29. The number of nitrogens with one attached hydrogen (secondary N) is 1. The molecule has 3 aromatic carbocycles. The number of amides is 1. The van der Waals surface area contributed by atoms with Gasteiger partial charge in [0.25, 0.3) is 0 Å². The third-order valence-corrected chi connectivity index (χ3v) is 5.86. The van der Waals surface area contributed by atoms with E-state index < -0.39 is 12.1 Å². The number of benzene rings is 3. The predicted octanol–water partition coefficient (Wildman–Crippen LogP) is 4.48. The van der Waals surface area contributed by atoms with E-state index in [4.69, 9.17) is 14.7 Å². The lowest BCUT2D eigenvalue weighted by Gasteiger charge is -2.26. The third-order valence-electron chi connectivity index (χ3n) is 5.86. The zero-order chi connectivity index (χ0) is 23.0. The highest BCUT2D eigenvalue weighted by molar-refractivity contribution is 5.75. The van der Waals surface area contributed by atoms with Crippen molar-refractivity contribution in [3.05, 3.63) is 101 Å². The van der Waals surface area contributed by atoms with Crippen LogP contribution in [0.15, 0.2) is 78.9 Å². The van der Waals surface area contributed by atoms with Gasteiger partial charge in [0.1, 0.15) is 11.9 Å². The monoisotopic (exact) mass is 445 g/mol. The number of carboxylic acid groups (broad SMARTS) is 1. The van der Waals surface area contributed by atoms with Crippen LogP contribution in [-0.4, -0.2) is 23.6 Å². The van der Waals surface area contributed by atoms with Gasteiger partial charge in [-0.15, -0.1) is 0 Å².